The van der Waals surface area contributed by atoms with E-state index in [9.17, 15) is 0 Å². The van der Waals surface area contributed by atoms with Crippen molar-refractivity contribution in [3.05, 3.63) is 24.0 Å². The minimum atomic E-state index is 0.694. The molecule has 78 valence electrons. The molecule has 1 fully saturated rings. The molecular weight excluding hydrogens is 172 g/mol. The molecule has 0 spiro atoms. The van der Waals surface area contributed by atoms with Crippen LogP contribution in [0.1, 0.15) is 37.9 Å². The van der Waals surface area contributed by atoms with E-state index in [-0.39, 0.29) is 0 Å². The Kier molecular flexibility index (Phi) is 2.92. The molecule has 1 aliphatic heterocycles. The number of nitrogens with zero attached hydrogens (tertiary/aromatic N) is 1. The molecule has 0 saturated carbocycles. The Hall–Kier alpha value is -0.760. The lowest BCUT2D eigenvalue weighted by Gasteiger charge is -2.13. The van der Waals surface area contributed by atoms with Crippen LogP contribution in [0.5, 0.6) is 0 Å². The average molecular weight is 193 g/mol. The van der Waals surface area contributed by atoms with Crippen LogP contribution >= 0.6 is 0 Å². The smallest absolute Gasteiger partial charge is 0.127 e. The fourth-order valence-corrected chi connectivity index (χ4v) is 2.44. The molecule has 1 saturated heterocycles. The molecule has 1 aromatic heterocycles. The van der Waals surface area contributed by atoms with Gasteiger partial charge in [-0.15, -0.1) is 0 Å². The molecule has 2 N–H and O–H groups in total. The minimum Gasteiger partial charge on any atom is -0.350 e. The summed E-state index contributed by atoms with van der Waals surface area (Å²) in [6, 6.07) is 5.11. The van der Waals surface area contributed by atoms with E-state index in [4.69, 9.17) is 0 Å². The Morgan fingerprint density at radius 1 is 1.36 bits per heavy atom. The van der Waals surface area contributed by atoms with Gasteiger partial charge < -0.3 is 9.88 Å². The lowest BCUT2D eigenvalue weighted by atomic mass is 10.0. The van der Waals surface area contributed by atoms with Gasteiger partial charge >= 0.3 is 0 Å². The summed E-state index contributed by atoms with van der Waals surface area (Å²) in [5, 5.41) is 2.51. The first-order chi connectivity index (χ1) is 6.77. The van der Waals surface area contributed by atoms with E-state index in [0.29, 0.717) is 6.04 Å². The highest BCUT2D eigenvalue weighted by molar-refractivity contribution is 5.09. The molecule has 0 aromatic carbocycles. The number of aromatic nitrogens is 1. The highest BCUT2D eigenvalue weighted by atomic mass is 15.0. The number of nitrogens with two attached hydrogens (primary N) is 1. The second-order valence-corrected chi connectivity index (χ2v) is 4.65. The van der Waals surface area contributed by atoms with E-state index in [2.05, 4.69) is 42.2 Å². The summed E-state index contributed by atoms with van der Waals surface area (Å²) in [5.41, 5.74) is 1.49. The molecular formula is C12H21N2+. The lowest BCUT2D eigenvalue weighted by molar-refractivity contribution is -0.695. The van der Waals surface area contributed by atoms with Gasteiger partial charge in [0.25, 0.3) is 0 Å². The third kappa shape index (κ3) is 2.01. The van der Waals surface area contributed by atoms with E-state index in [1.165, 1.54) is 31.5 Å². The van der Waals surface area contributed by atoms with Crippen molar-refractivity contribution in [2.45, 2.75) is 32.2 Å². The van der Waals surface area contributed by atoms with Gasteiger partial charge in [0.15, 0.2) is 0 Å². The van der Waals surface area contributed by atoms with Crippen LogP contribution < -0.4 is 5.32 Å². The van der Waals surface area contributed by atoms with E-state index in [0.717, 1.165) is 5.92 Å². The number of rotatable bonds is 1. The van der Waals surface area contributed by atoms with Crippen LogP contribution in [-0.4, -0.2) is 11.1 Å². The maximum Gasteiger partial charge on any atom is 0.127 e. The van der Waals surface area contributed by atoms with Crippen molar-refractivity contribution in [2.24, 2.45) is 13.0 Å². The first-order valence-electron chi connectivity index (χ1n) is 5.72. The molecule has 0 bridgehead atoms. The van der Waals surface area contributed by atoms with Crippen molar-refractivity contribution in [3.63, 3.8) is 0 Å². The Bertz CT molecular complexity index is 290. The summed E-state index contributed by atoms with van der Waals surface area (Å²) < 4.78 is 2.26. The highest BCUT2D eigenvalue weighted by Crippen LogP contribution is 2.21. The van der Waals surface area contributed by atoms with Crippen LogP contribution in [-0.2, 0) is 7.05 Å². The zero-order valence-corrected chi connectivity index (χ0v) is 9.24. The van der Waals surface area contributed by atoms with Crippen LogP contribution in [0.3, 0.4) is 0 Å². The van der Waals surface area contributed by atoms with Crippen molar-refractivity contribution < 1.29 is 5.32 Å². The van der Waals surface area contributed by atoms with Gasteiger partial charge in [-0.1, -0.05) is 6.92 Å². The summed E-state index contributed by atoms with van der Waals surface area (Å²) in [5.74, 6) is 0.913. The van der Waals surface area contributed by atoms with Gasteiger partial charge in [-0.25, -0.2) is 0 Å². The number of quaternary nitrogens is 1. The molecule has 1 aliphatic rings. The van der Waals surface area contributed by atoms with Gasteiger partial charge in [0.1, 0.15) is 6.04 Å². The fraction of sp³-hybridized carbons (Fsp3) is 0.667. The summed E-state index contributed by atoms with van der Waals surface area (Å²) in [4.78, 5) is 0. The third-order valence-electron chi connectivity index (χ3n) is 3.44. The minimum absolute atomic E-state index is 0.694. The summed E-state index contributed by atoms with van der Waals surface area (Å²) in [6.45, 7) is 3.66. The molecule has 2 heteroatoms. The molecule has 1 aromatic rings. The average Bonchev–Trinajstić information content (AvgIpc) is 2.46. The second kappa shape index (κ2) is 4.18. The molecule has 14 heavy (non-hydrogen) atoms. The van der Waals surface area contributed by atoms with E-state index >= 15 is 0 Å². The van der Waals surface area contributed by atoms with Crippen molar-refractivity contribution >= 4 is 0 Å². The third-order valence-corrected chi connectivity index (χ3v) is 3.44. The van der Waals surface area contributed by atoms with Gasteiger partial charge in [0, 0.05) is 19.7 Å². The van der Waals surface area contributed by atoms with Crippen molar-refractivity contribution in [3.8, 4) is 0 Å². The van der Waals surface area contributed by atoms with Crippen LogP contribution in [0, 0.1) is 5.92 Å². The molecule has 2 atom stereocenters. The number of aryl methyl sites for hydroxylation is 1. The predicted octanol–water partition coefficient (Wildman–Crippen LogP) is 1.45. The largest absolute Gasteiger partial charge is 0.350 e. The number of hydrogen-bond donors (Lipinski definition) is 1. The topological polar surface area (TPSA) is 21.5 Å². The second-order valence-electron chi connectivity index (χ2n) is 4.65. The van der Waals surface area contributed by atoms with Crippen molar-refractivity contribution in [1.29, 1.82) is 0 Å². The molecule has 2 rings (SSSR count). The molecule has 0 amide bonds. The first-order valence-corrected chi connectivity index (χ1v) is 5.72. The molecule has 0 unspecified atom stereocenters. The monoisotopic (exact) mass is 193 g/mol. The lowest BCUT2D eigenvalue weighted by Crippen LogP contribution is -2.85. The molecule has 2 nitrogen and oxygen atoms in total. The number of hydrogen-bond acceptors (Lipinski definition) is 0. The molecule has 2 heterocycles. The molecule has 0 radical (unpaired) electrons. The van der Waals surface area contributed by atoms with E-state index in [1.807, 2.05) is 0 Å². The first kappa shape index (κ1) is 9.78. The molecule has 0 aliphatic carbocycles. The van der Waals surface area contributed by atoms with E-state index in [1.54, 1.807) is 0 Å². The van der Waals surface area contributed by atoms with Gasteiger partial charge in [-0.3, -0.25) is 0 Å². The van der Waals surface area contributed by atoms with E-state index < -0.39 is 0 Å². The zero-order chi connectivity index (χ0) is 9.97. The van der Waals surface area contributed by atoms with Crippen molar-refractivity contribution in [1.82, 2.24) is 4.57 Å². The maximum atomic E-state index is 2.51. The van der Waals surface area contributed by atoms with Crippen LogP contribution in [0.4, 0.5) is 0 Å². The van der Waals surface area contributed by atoms with Gasteiger partial charge in [-0.2, -0.15) is 0 Å². The van der Waals surface area contributed by atoms with Crippen LogP contribution in [0.25, 0.3) is 0 Å². The SMILES string of the molecule is C[C@@H]1CC[NH2+][C@@H](c2cccn2C)CC1. The predicted molar refractivity (Wildman–Crippen MR) is 58.0 cm³/mol. The van der Waals surface area contributed by atoms with Crippen molar-refractivity contribution in [2.75, 3.05) is 6.54 Å². The summed E-state index contributed by atoms with van der Waals surface area (Å²) >= 11 is 0. The Labute approximate surface area is 86.3 Å². The Morgan fingerprint density at radius 3 is 2.93 bits per heavy atom. The quantitative estimate of drug-likeness (QED) is 0.697. The summed E-state index contributed by atoms with van der Waals surface area (Å²) in [6.07, 6.45) is 6.24. The van der Waals surface area contributed by atoms with Crippen LogP contribution in [0.15, 0.2) is 18.3 Å². The fourth-order valence-electron chi connectivity index (χ4n) is 2.44. The van der Waals surface area contributed by atoms with Crippen LogP contribution in [0.2, 0.25) is 0 Å². The summed E-state index contributed by atoms with van der Waals surface area (Å²) in [7, 11) is 2.15. The Morgan fingerprint density at radius 2 is 2.21 bits per heavy atom. The Balaban J connectivity index is 2.08. The van der Waals surface area contributed by atoms with Gasteiger partial charge in [-0.05, 0) is 30.9 Å². The van der Waals surface area contributed by atoms with Gasteiger partial charge in [0.05, 0.1) is 12.2 Å². The normalized spacial score (nSPS) is 28.7. The maximum absolute atomic E-state index is 2.51. The standard InChI is InChI=1S/C12H20N2/c1-10-5-6-11(13-8-7-10)12-4-3-9-14(12)2/h3-4,9-11,13H,5-8H2,1-2H3/p+1/t10-,11+/m0/s1. The zero-order valence-electron chi connectivity index (χ0n) is 9.24. The van der Waals surface area contributed by atoms with Gasteiger partial charge in [0.2, 0.25) is 0 Å². The highest BCUT2D eigenvalue weighted by Gasteiger charge is 2.21.